The highest BCUT2D eigenvalue weighted by Crippen LogP contribution is 2.23. The third-order valence-corrected chi connectivity index (χ3v) is 1.26. The van der Waals surface area contributed by atoms with E-state index in [0.717, 1.165) is 5.57 Å². The highest BCUT2D eigenvalue weighted by Gasteiger charge is 2.01. The minimum atomic E-state index is -0.0185. The summed E-state index contributed by atoms with van der Waals surface area (Å²) in [5.41, 5.74) is 1.68. The maximum atomic E-state index is 9.12. The zero-order valence-corrected chi connectivity index (χ0v) is 6.55. The molecule has 0 bridgehead atoms. The Morgan fingerprint density at radius 2 is 2.09 bits per heavy atom. The Kier molecular flexibility index (Phi) is 1.89. The molecule has 1 aromatic heterocycles. The Balaban J connectivity index is 3.04. The lowest BCUT2D eigenvalue weighted by atomic mass is 10.2. The van der Waals surface area contributed by atoms with Crippen molar-refractivity contribution < 1.29 is 10.2 Å². The molecule has 0 fully saturated rings. The summed E-state index contributed by atoms with van der Waals surface area (Å²) in [6.07, 6.45) is 1.78. The number of allylic oxidation sites excluding steroid dienone is 1. The van der Waals surface area contributed by atoms with Gasteiger partial charge in [-0.05, 0) is 13.8 Å². The Bertz CT molecular complexity index is 282. The topological polar surface area (TPSA) is 56.2 Å². The van der Waals surface area contributed by atoms with Crippen molar-refractivity contribution >= 4 is 6.08 Å². The predicted molar refractivity (Wildman–Crippen MR) is 43.4 cm³/mol. The minimum Gasteiger partial charge on any atom is -0.494 e. The second kappa shape index (κ2) is 2.70. The Morgan fingerprint density at radius 1 is 1.45 bits per heavy atom. The van der Waals surface area contributed by atoms with Gasteiger partial charge in [-0.2, -0.15) is 0 Å². The molecule has 0 aliphatic rings. The molecule has 0 spiro atoms. The summed E-state index contributed by atoms with van der Waals surface area (Å²) in [6.45, 7) is 3.84. The van der Waals surface area contributed by atoms with Crippen LogP contribution in [0.2, 0.25) is 0 Å². The summed E-state index contributed by atoms with van der Waals surface area (Å²) < 4.78 is 0. The van der Waals surface area contributed by atoms with Crippen molar-refractivity contribution in [2.75, 3.05) is 0 Å². The van der Waals surface area contributed by atoms with E-state index in [1.807, 2.05) is 13.8 Å². The summed E-state index contributed by atoms with van der Waals surface area (Å²) in [7, 11) is 0. The zero-order chi connectivity index (χ0) is 8.43. The molecule has 0 aliphatic carbocycles. The lowest BCUT2D eigenvalue weighted by Crippen LogP contribution is -1.68. The number of hydrogen-bond acceptors (Lipinski definition) is 2. The average Bonchev–Trinajstić information content (AvgIpc) is 2.09. The third kappa shape index (κ3) is 1.77. The zero-order valence-electron chi connectivity index (χ0n) is 6.55. The van der Waals surface area contributed by atoms with Crippen molar-refractivity contribution in [3.63, 3.8) is 0 Å². The van der Waals surface area contributed by atoms with Crippen molar-refractivity contribution in [2.45, 2.75) is 13.8 Å². The monoisotopic (exact) mass is 153 g/mol. The minimum absolute atomic E-state index is 0.00343. The second-order valence-electron chi connectivity index (χ2n) is 2.68. The van der Waals surface area contributed by atoms with Crippen LogP contribution in [0, 0.1) is 0 Å². The van der Waals surface area contributed by atoms with Gasteiger partial charge in [0, 0.05) is 11.6 Å². The van der Waals surface area contributed by atoms with Crippen LogP contribution in [-0.2, 0) is 0 Å². The fourth-order valence-electron chi connectivity index (χ4n) is 0.866. The quantitative estimate of drug-likeness (QED) is 0.576. The number of aromatic amines is 1. The van der Waals surface area contributed by atoms with Crippen LogP contribution >= 0.6 is 0 Å². The van der Waals surface area contributed by atoms with Crippen LogP contribution in [0.3, 0.4) is 0 Å². The van der Waals surface area contributed by atoms with E-state index in [9.17, 15) is 0 Å². The number of aromatic hydroxyl groups is 2. The van der Waals surface area contributed by atoms with Gasteiger partial charge in [0.25, 0.3) is 0 Å². The normalized spacial score (nSPS) is 9.64. The van der Waals surface area contributed by atoms with Gasteiger partial charge in [-0.1, -0.05) is 11.6 Å². The van der Waals surface area contributed by atoms with Crippen molar-refractivity contribution in [1.29, 1.82) is 0 Å². The van der Waals surface area contributed by atoms with Gasteiger partial charge in [-0.25, -0.2) is 0 Å². The van der Waals surface area contributed by atoms with E-state index in [0.29, 0.717) is 5.56 Å². The molecule has 0 unspecified atom stereocenters. The summed E-state index contributed by atoms with van der Waals surface area (Å²) in [5.74, 6) is -0.0151. The molecule has 0 saturated carbocycles. The lowest BCUT2D eigenvalue weighted by Gasteiger charge is -1.89. The maximum Gasteiger partial charge on any atom is 0.198 e. The molecule has 1 aromatic rings. The largest absolute Gasteiger partial charge is 0.494 e. The SMILES string of the molecule is CC(C)=Cc1cc(O)[nH]c1O. The molecule has 0 aliphatic heterocycles. The molecule has 0 saturated heterocycles. The first-order valence-corrected chi connectivity index (χ1v) is 3.35. The molecule has 0 amide bonds. The molecule has 1 rings (SSSR count). The van der Waals surface area contributed by atoms with Crippen LogP contribution in [0.4, 0.5) is 0 Å². The summed E-state index contributed by atoms with van der Waals surface area (Å²) >= 11 is 0. The van der Waals surface area contributed by atoms with Crippen LogP contribution in [0.25, 0.3) is 6.08 Å². The maximum absolute atomic E-state index is 9.12. The van der Waals surface area contributed by atoms with Gasteiger partial charge in [0.1, 0.15) is 0 Å². The number of hydrogen-bond donors (Lipinski definition) is 3. The first kappa shape index (κ1) is 7.72. The fourth-order valence-corrected chi connectivity index (χ4v) is 0.866. The Labute approximate surface area is 65.0 Å². The molecule has 11 heavy (non-hydrogen) atoms. The first-order valence-electron chi connectivity index (χ1n) is 3.35. The number of rotatable bonds is 1. The fraction of sp³-hybridized carbons (Fsp3) is 0.250. The van der Waals surface area contributed by atoms with Gasteiger partial charge < -0.3 is 10.2 Å². The molecule has 3 N–H and O–H groups in total. The smallest absolute Gasteiger partial charge is 0.198 e. The molecule has 3 heteroatoms. The number of H-pyrrole nitrogens is 1. The summed E-state index contributed by atoms with van der Waals surface area (Å²) in [5, 5.41) is 18.0. The van der Waals surface area contributed by atoms with E-state index < -0.39 is 0 Å². The van der Waals surface area contributed by atoms with Crippen LogP contribution in [0.5, 0.6) is 11.8 Å². The van der Waals surface area contributed by atoms with Crippen molar-refractivity contribution in [3.8, 4) is 11.8 Å². The second-order valence-corrected chi connectivity index (χ2v) is 2.68. The van der Waals surface area contributed by atoms with Gasteiger partial charge in [0.05, 0.1) is 0 Å². The van der Waals surface area contributed by atoms with E-state index in [1.54, 1.807) is 6.08 Å². The molecule has 0 atom stereocenters. The van der Waals surface area contributed by atoms with Crippen LogP contribution in [0.1, 0.15) is 19.4 Å². The van der Waals surface area contributed by atoms with Crippen LogP contribution in [-0.4, -0.2) is 15.2 Å². The Morgan fingerprint density at radius 3 is 2.45 bits per heavy atom. The highest BCUT2D eigenvalue weighted by molar-refractivity contribution is 5.58. The van der Waals surface area contributed by atoms with Crippen molar-refractivity contribution in [2.24, 2.45) is 0 Å². The molecule has 0 radical (unpaired) electrons. The average molecular weight is 153 g/mol. The van der Waals surface area contributed by atoms with E-state index in [1.165, 1.54) is 6.07 Å². The first-order chi connectivity index (χ1) is 5.09. The predicted octanol–water partition coefficient (Wildman–Crippen LogP) is 1.85. The molecule has 60 valence electrons. The molecule has 3 nitrogen and oxygen atoms in total. The standard InChI is InChI=1S/C8H11NO2/c1-5(2)3-6-4-7(10)9-8(6)11/h3-4,9-11H,1-2H3. The highest BCUT2D eigenvalue weighted by atomic mass is 16.3. The molecule has 1 heterocycles. The van der Waals surface area contributed by atoms with Crippen LogP contribution in [0.15, 0.2) is 11.6 Å². The van der Waals surface area contributed by atoms with Crippen LogP contribution < -0.4 is 0 Å². The van der Waals surface area contributed by atoms with Crippen molar-refractivity contribution in [3.05, 3.63) is 17.2 Å². The number of nitrogens with one attached hydrogen (secondary N) is 1. The van der Waals surface area contributed by atoms with E-state index >= 15 is 0 Å². The third-order valence-electron chi connectivity index (χ3n) is 1.26. The Hall–Kier alpha value is -1.38. The number of aromatic nitrogens is 1. The van der Waals surface area contributed by atoms with Gasteiger partial charge in [-0.15, -0.1) is 0 Å². The van der Waals surface area contributed by atoms with Gasteiger partial charge in [-0.3, -0.25) is 4.98 Å². The molecule has 0 aromatic carbocycles. The lowest BCUT2D eigenvalue weighted by molar-refractivity contribution is 0.425. The summed E-state index contributed by atoms with van der Waals surface area (Å²) in [4.78, 5) is 2.38. The molecular weight excluding hydrogens is 142 g/mol. The summed E-state index contributed by atoms with van der Waals surface area (Å²) in [6, 6.07) is 1.47. The van der Waals surface area contributed by atoms with E-state index in [-0.39, 0.29) is 11.8 Å². The van der Waals surface area contributed by atoms with E-state index in [2.05, 4.69) is 4.98 Å². The van der Waals surface area contributed by atoms with E-state index in [4.69, 9.17) is 10.2 Å². The van der Waals surface area contributed by atoms with Gasteiger partial charge in [0.15, 0.2) is 11.8 Å². The van der Waals surface area contributed by atoms with Gasteiger partial charge >= 0.3 is 0 Å². The van der Waals surface area contributed by atoms with Crippen molar-refractivity contribution in [1.82, 2.24) is 4.98 Å². The van der Waals surface area contributed by atoms with Gasteiger partial charge in [0.2, 0.25) is 0 Å². The molecular formula is C8H11NO2.